The van der Waals surface area contributed by atoms with E-state index in [0.717, 1.165) is 23.1 Å². The van der Waals surface area contributed by atoms with Crippen LogP contribution >= 0.6 is 23.1 Å². The van der Waals surface area contributed by atoms with Crippen molar-refractivity contribution in [2.45, 2.75) is 23.1 Å². The fourth-order valence-corrected chi connectivity index (χ4v) is 6.21. The number of rotatable bonds is 12. The Morgan fingerprint density at radius 3 is 2.32 bits per heavy atom. The van der Waals surface area contributed by atoms with E-state index in [1.807, 2.05) is 0 Å². The SMILES string of the molecule is CCN(CC)S(=O)(=O)c1ccc(C(=O)Nc2nnc(SCC(=O)Nc3cc(OC)ccc3OC)s2)cc1. The Labute approximate surface area is 223 Å². The smallest absolute Gasteiger partial charge is 0.257 e. The molecule has 0 aliphatic heterocycles. The number of thioether (sulfide) groups is 1. The summed E-state index contributed by atoms with van der Waals surface area (Å²) in [6.45, 7) is 4.24. The van der Waals surface area contributed by atoms with Gasteiger partial charge in [0.25, 0.3) is 5.91 Å². The highest BCUT2D eigenvalue weighted by molar-refractivity contribution is 8.01. The maximum atomic E-state index is 12.6. The number of methoxy groups -OCH3 is 2. The lowest BCUT2D eigenvalue weighted by molar-refractivity contribution is -0.113. The standard InChI is InChI=1S/C23H27N5O6S3/c1-5-28(6-2)37(31,32)17-10-7-15(8-11-17)21(30)25-22-26-27-23(36-22)35-14-20(29)24-18-13-16(33-3)9-12-19(18)34-4/h7-13H,5-6,14H2,1-4H3,(H,24,29)(H,25,26,30). The number of nitrogens with one attached hydrogen (secondary N) is 2. The molecule has 3 rings (SSSR count). The molecule has 198 valence electrons. The normalized spacial score (nSPS) is 11.3. The Balaban J connectivity index is 1.57. The Morgan fingerprint density at radius 2 is 1.70 bits per heavy atom. The van der Waals surface area contributed by atoms with Gasteiger partial charge in [0.2, 0.25) is 21.1 Å². The minimum Gasteiger partial charge on any atom is -0.497 e. The number of hydrogen-bond acceptors (Lipinski definition) is 10. The third-order valence-electron chi connectivity index (χ3n) is 5.09. The molecular formula is C23H27N5O6S3. The molecule has 0 aliphatic carbocycles. The molecule has 2 N–H and O–H groups in total. The molecule has 1 aromatic heterocycles. The monoisotopic (exact) mass is 565 g/mol. The summed E-state index contributed by atoms with van der Waals surface area (Å²) < 4.78 is 37.5. The van der Waals surface area contributed by atoms with Gasteiger partial charge in [-0.15, -0.1) is 10.2 Å². The highest BCUT2D eigenvalue weighted by Gasteiger charge is 2.22. The van der Waals surface area contributed by atoms with Gasteiger partial charge >= 0.3 is 0 Å². The van der Waals surface area contributed by atoms with Crippen molar-refractivity contribution in [1.29, 1.82) is 0 Å². The number of anilines is 2. The van der Waals surface area contributed by atoms with E-state index in [1.165, 1.54) is 42.8 Å². The first-order valence-corrected chi connectivity index (χ1v) is 14.4. The molecule has 3 aromatic rings. The predicted molar refractivity (Wildman–Crippen MR) is 143 cm³/mol. The van der Waals surface area contributed by atoms with E-state index in [0.29, 0.717) is 34.6 Å². The quantitative estimate of drug-likeness (QED) is 0.249. The van der Waals surface area contributed by atoms with Crippen LogP contribution in [0.15, 0.2) is 51.7 Å². The summed E-state index contributed by atoms with van der Waals surface area (Å²) in [6, 6.07) is 10.8. The molecule has 0 unspecified atom stereocenters. The van der Waals surface area contributed by atoms with E-state index >= 15 is 0 Å². The molecule has 0 saturated heterocycles. The van der Waals surface area contributed by atoms with Crippen molar-refractivity contribution in [2.75, 3.05) is 43.7 Å². The van der Waals surface area contributed by atoms with Crippen molar-refractivity contribution in [1.82, 2.24) is 14.5 Å². The Bertz CT molecular complexity index is 1340. The first kappa shape index (κ1) is 28.4. The Kier molecular flexibility index (Phi) is 9.86. The number of benzene rings is 2. The molecule has 2 amide bonds. The third kappa shape index (κ3) is 7.19. The highest BCUT2D eigenvalue weighted by Crippen LogP contribution is 2.30. The number of carbonyl (C=O) groups is 2. The van der Waals surface area contributed by atoms with Gasteiger partial charge in [-0.2, -0.15) is 4.31 Å². The molecular weight excluding hydrogens is 538 g/mol. The number of carbonyl (C=O) groups excluding carboxylic acids is 2. The van der Waals surface area contributed by atoms with Gasteiger partial charge in [-0.1, -0.05) is 36.9 Å². The van der Waals surface area contributed by atoms with Crippen molar-refractivity contribution >= 4 is 55.8 Å². The van der Waals surface area contributed by atoms with Crippen LogP contribution in [0.3, 0.4) is 0 Å². The highest BCUT2D eigenvalue weighted by atomic mass is 32.2. The van der Waals surface area contributed by atoms with Crippen molar-refractivity contribution in [2.24, 2.45) is 0 Å². The number of amides is 2. The number of ether oxygens (including phenoxy) is 2. The van der Waals surface area contributed by atoms with Crippen LogP contribution < -0.4 is 20.1 Å². The number of sulfonamides is 1. The van der Waals surface area contributed by atoms with Crippen LogP contribution in [0.2, 0.25) is 0 Å². The molecule has 2 aromatic carbocycles. The van der Waals surface area contributed by atoms with E-state index in [4.69, 9.17) is 9.47 Å². The van der Waals surface area contributed by atoms with Crippen LogP contribution in [0.1, 0.15) is 24.2 Å². The molecule has 11 nitrogen and oxygen atoms in total. The fourth-order valence-electron chi connectivity index (χ4n) is 3.20. The maximum Gasteiger partial charge on any atom is 0.257 e. The molecule has 0 radical (unpaired) electrons. The summed E-state index contributed by atoms with van der Waals surface area (Å²) in [6.07, 6.45) is 0. The largest absolute Gasteiger partial charge is 0.497 e. The molecule has 0 saturated carbocycles. The fraction of sp³-hybridized carbons (Fsp3) is 0.304. The van der Waals surface area contributed by atoms with Crippen molar-refractivity contribution in [3.63, 3.8) is 0 Å². The van der Waals surface area contributed by atoms with Gasteiger partial charge in [0, 0.05) is 24.7 Å². The lowest BCUT2D eigenvalue weighted by Crippen LogP contribution is -2.30. The summed E-state index contributed by atoms with van der Waals surface area (Å²) in [5, 5.41) is 13.6. The summed E-state index contributed by atoms with van der Waals surface area (Å²) in [5.74, 6) is 0.400. The molecule has 0 atom stereocenters. The molecule has 0 spiro atoms. The van der Waals surface area contributed by atoms with E-state index in [2.05, 4.69) is 20.8 Å². The molecule has 1 heterocycles. The second-order valence-corrected chi connectivity index (χ2v) is 11.5. The van der Waals surface area contributed by atoms with Gasteiger partial charge in [0.15, 0.2) is 4.34 Å². The van der Waals surface area contributed by atoms with E-state index in [-0.39, 0.29) is 27.3 Å². The van der Waals surface area contributed by atoms with Gasteiger partial charge in [0.05, 0.1) is 30.6 Å². The zero-order valence-corrected chi connectivity index (χ0v) is 23.1. The second kappa shape index (κ2) is 12.9. The molecule has 0 bridgehead atoms. The lowest BCUT2D eigenvalue weighted by Gasteiger charge is -2.18. The number of aromatic nitrogens is 2. The third-order valence-corrected chi connectivity index (χ3v) is 9.13. The summed E-state index contributed by atoms with van der Waals surface area (Å²) >= 11 is 2.28. The van der Waals surface area contributed by atoms with E-state index in [1.54, 1.807) is 32.0 Å². The summed E-state index contributed by atoms with van der Waals surface area (Å²) in [7, 11) is -0.572. The van der Waals surface area contributed by atoms with Crippen LogP contribution in [-0.4, -0.2) is 67.8 Å². The van der Waals surface area contributed by atoms with Crippen LogP contribution in [0.25, 0.3) is 0 Å². The van der Waals surface area contributed by atoms with Gasteiger partial charge in [0.1, 0.15) is 11.5 Å². The molecule has 14 heteroatoms. The topological polar surface area (TPSA) is 140 Å². The van der Waals surface area contributed by atoms with Crippen LogP contribution in [0.4, 0.5) is 10.8 Å². The Hall–Kier alpha value is -3.20. The Morgan fingerprint density at radius 1 is 1.00 bits per heavy atom. The van der Waals surface area contributed by atoms with E-state index in [9.17, 15) is 18.0 Å². The lowest BCUT2D eigenvalue weighted by atomic mass is 10.2. The summed E-state index contributed by atoms with van der Waals surface area (Å²) in [5.41, 5.74) is 0.753. The molecule has 0 aliphatic rings. The zero-order chi connectivity index (χ0) is 27.0. The second-order valence-electron chi connectivity index (χ2n) is 7.34. The zero-order valence-electron chi connectivity index (χ0n) is 20.7. The maximum absolute atomic E-state index is 12.6. The first-order chi connectivity index (χ1) is 17.7. The van der Waals surface area contributed by atoms with Gasteiger partial charge < -0.3 is 14.8 Å². The van der Waals surface area contributed by atoms with Gasteiger partial charge in [-0.05, 0) is 36.4 Å². The first-order valence-electron chi connectivity index (χ1n) is 11.1. The van der Waals surface area contributed by atoms with Crippen LogP contribution in [0, 0.1) is 0 Å². The van der Waals surface area contributed by atoms with Gasteiger partial charge in [-0.3, -0.25) is 14.9 Å². The minimum absolute atomic E-state index is 0.0609. The van der Waals surface area contributed by atoms with Crippen molar-refractivity contribution < 1.29 is 27.5 Å². The predicted octanol–water partition coefficient (Wildman–Crippen LogP) is 3.57. The van der Waals surface area contributed by atoms with Crippen molar-refractivity contribution in [3.8, 4) is 11.5 Å². The summed E-state index contributed by atoms with van der Waals surface area (Å²) in [4.78, 5) is 25.1. The van der Waals surface area contributed by atoms with E-state index < -0.39 is 15.9 Å². The number of nitrogens with zero attached hydrogens (tertiary/aromatic N) is 3. The molecule has 0 fully saturated rings. The minimum atomic E-state index is -3.61. The van der Waals surface area contributed by atoms with Crippen LogP contribution in [-0.2, 0) is 14.8 Å². The number of hydrogen-bond donors (Lipinski definition) is 2. The van der Waals surface area contributed by atoms with Crippen molar-refractivity contribution in [3.05, 3.63) is 48.0 Å². The average molecular weight is 566 g/mol. The molecule has 37 heavy (non-hydrogen) atoms. The average Bonchev–Trinajstić information content (AvgIpc) is 3.35. The van der Waals surface area contributed by atoms with Gasteiger partial charge in [-0.25, -0.2) is 8.42 Å². The van der Waals surface area contributed by atoms with Crippen LogP contribution in [0.5, 0.6) is 11.5 Å².